The molecule has 0 aliphatic heterocycles. The van der Waals surface area contributed by atoms with Gasteiger partial charge in [0.25, 0.3) is 0 Å². The summed E-state index contributed by atoms with van der Waals surface area (Å²) in [5, 5.41) is 7.16. The fourth-order valence-corrected chi connectivity index (χ4v) is 2.30. The predicted molar refractivity (Wildman–Crippen MR) is 79.0 cm³/mol. The molecule has 19 heavy (non-hydrogen) atoms. The van der Waals surface area contributed by atoms with Crippen LogP contribution in [0.25, 0.3) is 0 Å². The minimum Gasteiger partial charge on any atom is -0.344 e. The maximum absolute atomic E-state index is 5.25. The minimum atomic E-state index is 0.290. The van der Waals surface area contributed by atoms with Gasteiger partial charge in [0.05, 0.1) is 0 Å². The van der Waals surface area contributed by atoms with Crippen molar-refractivity contribution in [2.45, 2.75) is 26.3 Å². The van der Waals surface area contributed by atoms with Crippen LogP contribution in [0, 0.1) is 4.77 Å². The van der Waals surface area contributed by atoms with Crippen molar-refractivity contribution >= 4 is 18.2 Å². The van der Waals surface area contributed by atoms with Gasteiger partial charge in [-0.15, -0.1) is 5.10 Å². The molecule has 0 saturated heterocycles. The lowest BCUT2D eigenvalue weighted by atomic mass is 10.2. The highest BCUT2D eigenvalue weighted by Gasteiger charge is 2.13. The van der Waals surface area contributed by atoms with Crippen LogP contribution in [-0.4, -0.2) is 33.3 Å². The average molecular weight is 277 g/mol. The Kier molecular flexibility index (Phi) is 4.31. The Balaban J connectivity index is 2.08. The number of hydrogen-bond acceptors (Lipinski definition) is 4. The number of aromatic amines is 1. The molecule has 5 nitrogen and oxygen atoms in total. The number of pyridine rings is 1. The molecule has 2 rings (SSSR count). The van der Waals surface area contributed by atoms with E-state index in [9.17, 15) is 0 Å². The summed E-state index contributed by atoms with van der Waals surface area (Å²) in [4.78, 5) is 6.42. The van der Waals surface area contributed by atoms with Crippen molar-refractivity contribution in [3.63, 3.8) is 0 Å². The number of anilines is 1. The second kappa shape index (κ2) is 5.97. The second-order valence-corrected chi connectivity index (χ2v) is 5.17. The monoisotopic (exact) mass is 277 g/mol. The van der Waals surface area contributed by atoms with E-state index in [1.165, 1.54) is 0 Å². The van der Waals surface area contributed by atoms with Gasteiger partial charge in [0.2, 0.25) is 5.95 Å². The summed E-state index contributed by atoms with van der Waals surface area (Å²) in [5.74, 6) is 0.871. The van der Waals surface area contributed by atoms with Crippen molar-refractivity contribution in [2.24, 2.45) is 0 Å². The zero-order chi connectivity index (χ0) is 13.8. The molecule has 0 saturated carbocycles. The summed E-state index contributed by atoms with van der Waals surface area (Å²) < 4.78 is 2.68. The maximum atomic E-state index is 5.25. The van der Waals surface area contributed by atoms with Gasteiger partial charge in [-0.05, 0) is 38.2 Å². The van der Waals surface area contributed by atoms with Crippen molar-refractivity contribution in [1.29, 1.82) is 0 Å². The second-order valence-electron chi connectivity index (χ2n) is 4.79. The van der Waals surface area contributed by atoms with Crippen LogP contribution in [0.1, 0.15) is 25.6 Å². The highest BCUT2D eigenvalue weighted by atomic mass is 32.1. The number of rotatable bonds is 5. The molecular formula is C13H19N5S. The normalized spacial score (nSPS) is 10.9. The molecule has 102 valence electrons. The Bertz CT molecular complexity index is 572. The molecule has 0 amide bonds. The standard InChI is InChI=1S/C13H19N5S/c1-10(2)18-12(15-16-13(18)19)17(3)9-7-11-6-4-5-8-14-11/h4-6,8,10H,7,9H2,1-3H3,(H,16,19). The molecular weight excluding hydrogens is 258 g/mol. The number of nitrogens with zero attached hydrogens (tertiary/aromatic N) is 4. The summed E-state index contributed by atoms with van der Waals surface area (Å²) in [6.45, 7) is 5.05. The largest absolute Gasteiger partial charge is 0.344 e. The first-order valence-corrected chi connectivity index (χ1v) is 6.78. The fourth-order valence-electron chi connectivity index (χ4n) is 1.96. The van der Waals surface area contributed by atoms with E-state index < -0.39 is 0 Å². The summed E-state index contributed by atoms with van der Waals surface area (Å²) in [6, 6.07) is 6.26. The molecule has 0 aliphatic rings. The van der Waals surface area contributed by atoms with E-state index in [0.717, 1.165) is 24.6 Å². The third kappa shape index (κ3) is 3.20. The molecule has 6 heteroatoms. The summed E-state index contributed by atoms with van der Waals surface area (Å²) in [6.07, 6.45) is 2.70. The minimum absolute atomic E-state index is 0.290. The highest BCUT2D eigenvalue weighted by Crippen LogP contribution is 2.16. The topological polar surface area (TPSA) is 49.7 Å². The van der Waals surface area contributed by atoms with E-state index >= 15 is 0 Å². The zero-order valence-electron chi connectivity index (χ0n) is 11.5. The molecule has 0 atom stereocenters. The number of aromatic nitrogens is 4. The molecule has 0 aliphatic carbocycles. The van der Waals surface area contributed by atoms with E-state index in [0.29, 0.717) is 10.8 Å². The Morgan fingerprint density at radius 1 is 1.42 bits per heavy atom. The molecule has 0 aromatic carbocycles. The van der Waals surface area contributed by atoms with Gasteiger partial charge in [-0.1, -0.05) is 6.07 Å². The maximum Gasteiger partial charge on any atom is 0.225 e. The van der Waals surface area contributed by atoms with Crippen molar-refractivity contribution in [1.82, 2.24) is 19.7 Å². The van der Waals surface area contributed by atoms with Crippen LogP contribution >= 0.6 is 12.2 Å². The van der Waals surface area contributed by atoms with Crippen LogP contribution < -0.4 is 4.90 Å². The van der Waals surface area contributed by atoms with Gasteiger partial charge < -0.3 is 4.90 Å². The SMILES string of the molecule is CC(C)n1c(N(C)CCc2ccccn2)n[nH]c1=S. The molecule has 2 aromatic rings. The summed E-state index contributed by atoms with van der Waals surface area (Å²) >= 11 is 5.25. The third-order valence-corrected chi connectivity index (χ3v) is 3.26. The molecule has 2 heterocycles. The smallest absolute Gasteiger partial charge is 0.225 e. The fraction of sp³-hybridized carbons (Fsp3) is 0.462. The third-order valence-electron chi connectivity index (χ3n) is 2.97. The van der Waals surface area contributed by atoms with Crippen LogP contribution in [0.4, 0.5) is 5.95 Å². The van der Waals surface area contributed by atoms with Crippen LogP contribution in [0.3, 0.4) is 0 Å². The van der Waals surface area contributed by atoms with Crippen LogP contribution in [0.2, 0.25) is 0 Å². The van der Waals surface area contributed by atoms with Gasteiger partial charge in [0.1, 0.15) is 0 Å². The molecule has 0 unspecified atom stereocenters. The molecule has 0 fully saturated rings. The van der Waals surface area contributed by atoms with Crippen molar-refractivity contribution in [3.05, 3.63) is 34.9 Å². The quantitative estimate of drug-likeness (QED) is 0.854. The Morgan fingerprint density at radius 2 is 2.21 bits per heavy atom. The lowest BCUT2D eigenvalue weighted by molar-refractivity contribution is 0.583. The summed E-state index contributed by atoms with van der Waals surface area (Å²) in [5.41, 5.74) is 1.08. The van der Waals surface area contributed by atoms with E-state index in [1.807, 2.05) is 36.0 Å². The molecule has 1 N–H and O–H groups in total. The van der Waals surface area contributed by atoms with E-state index in [-0.39, 0.29) is 0 Å². The van der Waals surface area contributed by atoms with Gasteiger partial charge in [0, 0.05) is 37.9 Å². The molecule has 0 bridgehead atoms. The highest BCUT2D eigenvalue weighted by molar-refractivity contribution is 7.71. The lowest BCUT2D eigenvalue weighted by Crippen LogP contribution is -2.25. The van der Waals surface area contributed by atoms with Crippen LogP contribution in [0.15, 0.2) is 24.4 Å². The first-order chi connectivity index (χ1) is 9.09. The van der Waals surface area contributed by atoms with Crippen molar-refractivity contribution in [3.8, 4) is 0 Å². The van der Waals surface area contributed by atoms with Gasteiger partial charge in [-0.25, -0.2) is 5.10 Å². The predicted octanol–water partition coefficient (Wildman–Crippen LogP) is 2.60. The molecule has 0 spiro atoms. The first kappa shape index (κ1) is 13.7. The Hall–Kier alpha value is -1.69. The van der Waals surface area contributed by atoms with E-state index in [2.05, 4.69) is 33.9 Å². The molecule has 2 aromatic heterocycles. The Labute approximate surface area is 118 Å². The van der Waals surface area contributed by atoms with E-state index in [4.69, 9.17) is 12.2 Å². The summed E-state index contributed by atoms with van der Waals surface area (Å²) in [7, 11) is 2.02. The van der Waals surface area contributed by atoms with Crippen molar-refractivity contribution in [2.75, 3.05) is 18.5 Å². The first-order valence-electron chi connectivity index (χ1n) is 6.37. The van der Waals surface area contributed by atoms with Gasteiger partial charge in [-0.3, -0.25) is 9.55 Å². The van der Waals surface area contributed by atoms with Gasteiger partial charge >= 0.3 is 0 Å². The van der Waals surface area contributed by atoms with Crippen LogP contribution in [-0.2, 0) is 6.42 Å². The number of likely N-dealkylation sites (N-methyl/N-ethyl adjacent to an activating group) is 1. The van der Waals surface area contributed by atoms with Crippen molar-refractivity contribution < 1.29 is 0 Å². The van der Waals surface area contributed by atoms with Crippen LogP contribution in [0.5, 0.6) is 0 Å². The number of hydrogen-bond donors (Lipinski definition) is 1. The zero-order valence-corrected chi connectivity index (χ0v) is 12.3. The number of nitrogens with one attached hydrogen (secondary N) is 1. The van der Waals surface area contributed by atoms with E-state index in [1.54, 1.807) is 0 Å². The number of H-pyrrole nitrogens is 1. The Morgan fingerprint density at radius 3 is 2.84 bits per heavy atom. The van der Waals surface area contributed by atoms with Gasteiger partial charge in [0.15, 0.2) is 4.77 Å². The molecule has 0 radical (unpaired) electrons. The average Bonchev–Trinajstić information content (AvgIpc) is 2.79. The van der Waals surface area contributed by atoms with Gasteiger partial charge in [-0.2, -0.15) is 0 Å². The lowest BCUT2D eigenvalue weighted by Gasteiger charge is -2.20.